The molecule has 9 heteroatoms. The zero-order chi connectivity index (χ0) is 24.2. The van der Waals surface area contributed by atoms with E-state index in [4.69, 9.17) is 17.2 Å². The Balaban J connectivity index is 1.71. The number of fused-ring (bicyclic) bond motifs is 1. The first kappa shape index (κ1) is 24.9. The third-order valence-corrected chi connectivity index (χ3v) is 7.87. The fourth-order valence-electron chi connectivity index (χ4n) is 4.41. The summed E-state index contributed by atoms with van der Waals surface area (Å²) < 4.78 is 2.15. The highest BCUT2D eigenvalue weighted by Crippen LogP contribution is 2.34. The van der Waals surface area contributed by atoms with E-state index in [1.807, 2.05) is 19.1 Å². The van der Waals surface area contributed by atoms with Gasteiger partial charge < -0.3 is 9.80 Å². The molecule has 0 unspecified atom stereocenters. The van der Waals surface area contributed by atoms with E-state index in [0.29, 0.717) is 32.8 Å². The van der Waals surface area contributed by atoms with E-state index in [1.165, 1.54) is 11.8 Å². The molecule has 0 atom stereocenters. The predicted octanol–water partition coefficient (Wildman–Crippen LogP) is 3.93. The first-order valence-corrected chi connectivity index (χ1v) is 13.4. The molecular weight excluding hydrogens is 466 g/mol. The summed E-state index contributed by atoms with van der Waals surface area (Å²) in [7, 11) is 0. The van der Waals surface area contributed by atoms with Gasteiger partial charge in [0, 0.05) is 38.9 Å². The molecule has 2 saturated heterocycles. The largest absolute Gasteiger partial charge is 0.353 e. The lowest BCUT2D eigenvalue weighted by atomic mass is 10.2. The molecule has 2 aromatic heterocycles. The lowest BCUT2D eigenvalue weighted by Crippen LogP contribution is -2.47. The quantitative estimate of drug-likeness (QED) is 0.310. The number of aromatic nitrogens is 2. The molecule has 2 aromatic rings. The number of nitrogens with zero attached hydrogens (tertiary/aromatic N) is 5. The van der Waals surface area contributed by atoms with E-state index in [9.17, 15) is 9.59 Å². The summed E-state index contributed by atoms with van der Waals surface area (Å²) in [6.45, 7) is 11.3. The number of carbonyl (C=O) groups is 1. The van der Waals surface area contributed by atoms with Crippen molar-refractivity contribution in [2.24, 2.45) is 0 Å². The molecule has 0 spiro atoms. The number of piperazine rings is 1. The van der Waals surface area contributed by atoms with Crippen LogP contribution in [-0.2, 0) is 4.79 Å². The van der Waals surface area contributed by atoms with Gasteiger partial charge in [0.15, 0.2) is 0 Å². The van der Waals surface area contributed by atoms with E-state index in [-0.39, 0.29) is 11.5 Å². The predicted molar refractivity (Wildman–Crippen MR) is 145 cm³/mol. The van der Waals surface area contributed by atoms with Crippen LogP contribution in [0.3, 0.4) is 0 Å². The molecule has 0 aliphatic carbocycles. The topological polar surface area (TPSA) is 61.2 Å². The number of hydrogen-bond donors (Lipinski definition) is 0. The second-order valence-electron chi connectivity index (χ2n) is 8.90. The average Bonchev–Trinajstić information content (AvgIpc) is 3.11. The maximum Gasteiger partial charge on any atom is 0.267 e. The van der Waals surface area contributed by atoms with Gasteiger partial charge in [0.25, 0.3) is 11.5 Å². The van der Waals surface area contributed by atoms with Gasteiger partial charge in [-0.25, -0.2) is 4.98 Å². The highest BCUT2D eigenvalue weighted by atomic mass is 32.2. The maximum atomic E-state index is 13.6. The first-order valence-electron chi connectivity index (χ1n) is 12.2. The van der Waals surface area contributed by atoms with Crippen LogP contribution in [0.1, 0.15) is 50.7 Å². The maximum absolute atomic E-state index is 13.6. The minimum Gasteiger partial charge on any atom is -0.353 e. The molecule has 4 rings (SSSR count). The van der Waals surface area contributed by atoms with Crippen molar-refractivity contribution in [3.05, 3.63) is 44.7 Å². The number of pyridine rings is 1. The second-order valence-corrected chi connectivity index (χ2v) is 10.6. The Bertz CT molecular complexity index is 1170. The van der Waals surface area contributed by atoms with Crippen molar-refractivity contribution in [3.63, 3.8) is 0 Å². The number of rotatable bonds is 8. The molecule has 1 amide bonds. The van der Waals surface area contributed by atoms with Crippen molar-refractivity contribution in [2.75, 3.05) is 44.2 Å². The zero-order valence-electron chi connectivity index (χ0n) is 20.2. The summed E-state index contributed by atoms with van der Waals surface area (Å²) in [4.78, 5) is 38.4. The molecule has 4 heterocycles. The summed E-state index contributed by atoms with van der Waals surface area (Å²) in [6.07, 6.45) is 7.83. The van der Waals surface area contributed by atoms with Gasteiger partial charge in [0.2, 0.25) is 0 Å². The molecule has 34 heavy (non-hydrogen) atoms. The van der Waals surface area contributed by atoms with Crippen LogP contribution in [0, 0.1) is 6.92 Å². The lowest BCUT2D eigenvalue weighted by molar-refractivity contribution is -0.122. The van der Waals surface area contributed by atoms with E-state index < -0.39 is 0 Å². The third kappa shape index (κ3) is 5.21. The summed E-state index contributed by atoms with van der Waals surface area (Å²) in [5.41, 5.74) is 1.89. The van der Waals surface area contributed by atoms with Gasteiger partial charge in [-0.15, -0.1) is 0 Å². The fourth-order valence-corrected chi connectivity index (χ4v) is 5.70. The summed E-state index contributed by atoms with van der Waals surface area (Å²) >= 11 is 6.80. The smallest absolute Gasteiger partial charge is 0.267 e. The number of likely N-dealkylation sites (N-methyl/N-ethyl adjacent to an activating group) is 1. The SMILES string of the molecule is CCCCCCN1C(=O)/C(=C\c2c(N3CCN(CC)CC3)nc3ccc(C)cn3c2=O)SC1=S. The van der Waals surface area contributed by atoms with Gasteiger partial charge in [-0.2, -0.15) is 0 Å². The highest BCUT2D eigenvalue weighted by Gasteiger charge is 2.32. The molecule has 2 aliphatic rings. The number of carbonyl (C=O) groups excluding carboxylic acids is 1. The molecule has 182 valence electrons. The van der Waals surface area contributed by atoms with E-state index in [1.54, 1.807) is 21.6 Å². The zero-order valence-corrected chi connectivity index (χ0v) is 21.9. The number of amides is 1. The fraction of sp³-hybridized carbons (Fsp3) is 0.520. The van der Waals surface area contributed by atoms with Crippen LogP contribution in [0.4, 0.5) is 5.82 Å². The number of thiocarbonyl (C=S) groups is 1. The second kappa shape index (κ2) is 11.0. The van der Waals surface area contributed by atoms with Gasteiger partial charge in [-0.1, -0.05) is 63.2 Å². The molecule has 0 radical (unpaired) electrons. The van der Waals surface area contributed by atoms with Gasteiger partial charge >= 0.3 is 0 Å². The van der Waals surface area contributed by atoms with Crippen LogP contribution in [0.5, 0.6) is 0 Å². The van der Waals surface area contributed by atoms with E-state index >= 15 is 0 Å². The molecule has 0 bridgehead atoms. The summed E-state index contributed by atoms with van der Waals surface area (Å²) in [5.74, 6) is 0.541. The van der Waals surface area contributed by atoms with Crippen LogP contribution in [0.15, 0.2) is 28.0 Å². The number of unbranched alkanes of at least 4 members (excludes halogenated alkanes) is 3. The Morgan fingerprint density at radius 1 is 1.09 bits per heavy atom. The molecular formula is C25H33N5O2S2. The Kier molecular flexibility index (Phi) is 8.06. The van der Waals surface area contributed by atoms with Gasteiger partial charge in [-0.3, -0.25) is 18.9 Å². The monoisotopic (exact) mass is 499 g/mol. The van der Waals surface area contributed by atoms with Gasteiger partial charge in [0.05, 0.1) is 10.5 Å². The molecule has 2 fully saturated rings. The van der Waals surface area contributed by atoms with E-state index in [0.717, 1.165) is 64.0 Å². The molecule has 7 nitrogen and oxygen atoms in total. The van der Waals surface area contributed by atoms with Crippen LogP contribution >= 0.6 is 24.0 Å². The molecule has 0 aromatic carbocycles. The molecule has 0 N–H and O–H groups in total. The minimum absolute atomic E-state index is 0.109. The van der Waals surface area contributed by atoms with Crippen molar-refractivity contribution in [2.45, 2.75) is 46.5 Å². The lowest BCUT2D eigenvalue weighted by Gasteiger charge is -2.35. The Morgan fingerprint density at radius 3 is 2.56 bits per heavy atom. The third-order valence-electron chi connectivity index (χ3n) is 6.49. The van der Waals surface area contributed by atoms with Crippen molar-refractivity contribution in [3.8, 4) is 0 Å². The Hall–Kier alpha value is -2.23. The van der Waals surface area contributed by atoms with Crippen molar-refractivity contribution in [1.29, 1.82) is 0 Å². The van der Waals surface area contributed by atoms with Gasteiger partial charge in [0.1, 0.15) is 15.8 Å². The summed E-state index contributed by atoms with van der Waals surface area (Å²) in [6, 6.07) is 3.84. The minimum atomic E-state index is -0.158. The van der Waals surface area contributed by atoms with Crippen molar-refractivity contribution >= 4 is 51.7 Å². The number of anilines is 1. The number of thioether (sulfide) groups is 1. The molecule has 2 aliphatic heterocycles. The highest BCUT2D eigenvalue weighted by molar-refractivity contribution is 8.26. The number of hydrogen-bond acceptors (Lipinski definition) is 7. The Labute approximate surface area is 210 Å². The normalized spacial score (nSPS) is 18.6. The van der Waals surface area contributed by atoms with Crippen LogP contribution in [0.2, 0.25) is 0 Å². The summed E-state index contributed by atoms with van der Waals surface area (Å²) in [5, 5.41) is 0. The first-order chi connectivity index (χ1) is 16.4. The Morgan fingerprint density at radius 2 is 1.85 bits per heavy atom. The van der Waals surface area contributed by atoms with E-state index in [2.05, 4.69) is 23.6 Å². The van der Waals surface area contributed by atoms with Gasteiger partial charge in [-0.05, 0) is 37.6 Å². The van der Waals surface area contributed by atoms with Crippen LogP contribution < -0.4 is 10.5 Å². The standard InChI is InChI=1S/C25H33N5O2S2/c1-4-6-7-8-11-29-24(32)20(34-25(29)33)16-19-22(28-14-12-27(5-2)13-15-28)26-21-10-9-18(3)17-30(21)23(19)31/h9-10,16-17H,4-8,11-15H2,1-3H3/b20-16+. The van der Waals surface area contributed by atoms with Crippen LogP contribution in [0.25, 0.3) is 11.7 Å². The molecule has 0 saturated carbocycles. The van der Waals surface area contributed by atoms with Crippen molar-refractivity contribution in [1.82, 2.24) is 19.2 Å². The van der Waals surface area contributed by atoms with Crippen LogP contribution in [-0.4, -0.2) is 68.7 Å². The van der Waals surface area contributed by atoms with Crippen molar-refractivity contribution < 1.29 is 4.79 Å². The average molecular weight is 500 g/mol. The number of aryl methyl sites for hydroxylation is 1.